The Balaban J connectivity index is 2.12. The summed E-state index contributed by atoms with van der Waals surface area (Å²) < 4.78 is 30.4. The van der Waals surface area contributed by atoms with Gasteiger partial charge in [-0.3, -0.25) is 0 Å². The van der Waals surface area contributed by atoms with Gasteiger partial charge in [-0.25, -0.2) is 13.4 Å². The Morgan fingerprint density at radius 3 is 2.65 bits per heavy atom. The van der Waals surface area contributed by atoms with Gasteiger partial charge in [0.25, 0.3) is 9.05 Å². The van der Waals surface area contributed by atoms with Crippen LogP contribution in [-0.4, -0.2) is 24.6 Å². The van der Waals surface area contributed by atoms with Gasteiger partial charge < -0.3 is 9.30 Å². The molecule has 0 N–H and O–H groups in total. The number of rotatable bonds is 5. The van der Waals surface area contributed by atoms with Crippen LogP contribution in [0.4, 0.5) is 0 Å². The highest BCUT2D eigenvalue weighted by atomic mass is 35.7. The number of halogens is 1. The average molecular weight is 315 g/mol. The normalized spacial score (nSPS) is 11.6. The predicted octanol–water partition coefficient (Wildman–Crippen LogP) is 2.51. The van der Waals surface area contributed by atoms with E-state index in [1.54, 1.807) is 25.5 Å². The van der Waals surface area contributed by atoms with Gasteiger partial charge in [-0.2, -0.15) is 0 Å². The molecule has 0 unspecified atom stereocenters. The predicted molar refractivity (Wildman–Crippen MR) is 76.7 cm³/mol. The minimum Gasteiger partial charge on any atom is -0.491 e. The van der Waals surface area contributed by atoms with E-state index < -0.39 is 9.05 Å². The van der Waals surface area contributed by atoms with Crippen molar-refractivity contribution in [3.05, 3.63) is 42.0 Å². The number of imidazole rings is 1. The Labute approximate surface area is 122 Å². The van der Waals surface area contributed by atoms with Crippen molar-refractivity contribution in [3.63, 3.8) is 0 Å². The van der Waals surface area contributed by atoms with Crippen LogP contribution in [0, 0.1) is 13.8 Å². The maximum Gasteiger partial charge on any atom is 0.261 e. The van der Waals surface area contributed by atoms with E-state index in [0.29, 0.717) is 24.5 Å². The van der Waals surface area contributed by atoms with E-state index in [1.165, 1.54) is 6.07 Å². The fourth-order valence-electron chi connectivity index (χ4n) is 1.87. The topological polar surface area (TPSA) is 61.2 Å². The minimum atomic E-state index is -3.72. The summed E-state index contributed by atoms with van der Waals surface area (Å²) in [5.41, 5.74) is 1.39. The third-order valence-corrected chi connectivity index (χ3v) is 4.58. The van der Waals surface area contributed by atoms with Crippen molar-refractivity contribution in [1.29, 1.82) is 0 Å². The average Bonchev–Trinajstić information content (AvgIpc) is 2.86. The van der Waals surface area contributed by atoms with E-state index in [0.717, 1.165) is 5.56 Å². The minimum absolute atomic E-state index is 0.124. The molecule has 0 saturated heterocycles. The summed E-state index contributed by atoms with van der Waals surface area (Å²) in [7, 11) is 1.66. The van der Waals surface area contributed by atoms with Crippen LogP contribution in [0.25, 0.3) is 0 Å². The molecule has 2 aromatic rings. The highest BCUT2D eigenvalue weighted by Crippen LogP contribution is 2.28. The number of hydrogen-bond acceptors (Lipinski definition) is 4. The van der Waals surface area contributed by atoms with E-state index in [4.69, 9.17) is 15.4 Å². The summed E-state index contributed by atoms with van der Waals surface area (Å²) in [4.78, 5) is 4.07. The van der Waals surface area contributed by atoms with Crippen molar-refractivity contribution in [2.45, 2.75) is 25.3 Å². The number of benzene rings is 1. The van der Waals surface area contributed by atoms with Gasteiger partial charge >= 0.3 is 0 Å². The molecule has 0 aliphatic heterocycles. The summed E-state index contributed by atoms with van der Waals surface area (Å²) in [6.07, 6.45) is 5.27. The first kappa shape index (κ1) is 14.9. The summed E-state index contributed by atoms with van der Waals surface area (Å²) >= 11 is 0. The third-order valence-electron chi connectivity index (χ3n) is 3.12. The molecule has 0 aliphatic carbocycles. The molecule has 0 radical (unpaired) electrons. The van der Waals surface area contributed by atoms with Gasteiger partial charge in [0.05, 0.1) is 17.8 Å². The molecule has 0 spiro atoms. The zero-order chi connectivity index (χ0) is 14.8. The molecule has 0 saturated carbocycles. The van der Waals surface area contributed by atoms with Crippen molar-refractivity contribution in [3.8, 4) is 5.75 Å². The monoisotopic (exact) mass is 314 g/mol. The number of hydrogen-bond donors (Lipinski definition) is 0. The SMILES string of the molecule is Cc1c(OCCn2ccnc2)ccc(S(=O)(=O)Cl)c1C. The fraction of sp³-hybridized carbons (Fsp3) is 0.308. The second-order valence-corrected chi connectivity index (χ2v) is 6.93. The lowest BCUT2D eigenvalue weighted by molar-refractivity contribution is 0.296. The number of ether oxygens (including phenoxy) is 1. The highest BCUT2D eigenvalue weighted by Gasteiger charge is 2.16. The van der Waals surface area contributed by atoms with Gasteiger partial charge in [0, 0.05) is 23.1 Å². The first-order valence-corrected chi connectivity index (χ1v) is 8.34. The molecule has 108 valence electrons. The Hall–Kier alpha value is -1.53. The van der Waals surface area contributed by atoms with Crippen LogP contribution in [0.15, 0.2) is 35.7 Å². The van der Waals surface area contributed by atoms with Gasteiger partial charge in [0.1, 0.15) is 12.4 Å². The summed E-state index contributed by atoms with van der Waals surface area (Å²) in [5, 5.41) is 0. The summed E-state index contributed by atoms with van der Waals surface area (Å²) in [6.45, 7) is 4.68. The van der Waals surface area contributed by atoms with Crippen LogP contribution in [0.1, 0.15) is 11.1 Å². The van der Waals surface area contributed by atoms with Crippen LogP contribution in [-0.2, 0) is 15.6 Å². The maximum absolute atomic E-state index is 11.4. The Morgan fingerprint density at radius 1 is 1.30 bits per heavy atom. The van der Waals surface area contributed by atoms with Gasteiger partial charge in [-0.05, 0) is 37.1 Å². The lowest BCUT2D eigenvalue weighted by Gasteiger charge is -2.13. The molecule has 5 nitrogen and oxygen atoms in total. The van der Waals surface area contributed by atoms with Crippen molar-refractivity contribution in [1.82, 2.24) is 9.55 Å². The molecular formula is C13H15ClN2O3S. The maximum atomic E-state index is 11.4. The Morgan fingerprint density at radius 2 is 2.05 bits per heavy atom. The molecule has 1 heterocycles. The molecule has 2 rings (SSSR count). The molecular weight excluding hydrogens is 300 g/mol. The third kappa shape index (κ3) is 3.32. The van der Waals surface area contributed by atoms with Gasteiger partial charge in [0.2, 0.25) is 0 Å². The Bertz CT molecular complexity index is 697. The molecule has 0 fully saturated rings. The van der Waals surface area contributed by atoms with Crippen molar-refractivity contribution in [2.24, 2.45) is 0 Å². The largest absolute Gasteiger partial charge is 0.491 e. The molecule has 0 aliphatic rings. The first-order chi connectivity index (χ1) is 9.39. The highest BCUT2D eigenvalue weighted by molar-refractivity contribution is 8.13. The van der Waals surface area contributed by atoms with Gasteiger partial charge in [-0.15, -0.1) is 0 Å². The lowest BCUT2D eigenvalue weighted by Crippen LogP contribution is -2.08. The van der Waals surface area contributed by atoms with Gasteiger partial charge in [0.15, 0.2) is 0 Å². The van der Waals surface area contributed by atoms with E-state index >= 15 is 0 Å². The molecule has 20 heavy (non-hydrogen) atoms. The van der Waals surface area contributed by atoms with Crippen LogP contribution in [0.2, 0.25) is 0 Å². The van der Waals surface area contributed by atoms with Crippen LogP contribution >= 0.6 is 10.7 Å². The number of aromatic nitrogens is 2. The zero-order valence-corrected chi connectivity index (χ0v) is 12.8. The van der Waals surface area contributed by atoms with E-state index in [2.05, 4.69) is 4.98 Å². The quantitative estimate of drug-likeness (QED) is 0.796. The van der Waals surface area contributed by atoms with Crippen LogP contribution in [0.5, 0.6) is 5.75 Å². The van der Waals surface area contributed by atoms with E-state index in [9.17, 15) is 8.42 Å². The van der Waals surface area contributed by atoms with Crippen LogP contribution in [0.3, 0.4) is 0 Å². The van der Waals surface area contributed by atoms with Crippen molar-refractivity contribution in [2.75, 3.05) is 6.61 Å². The van der Waals surface area contributed by atoms with Gasteiger partial charge in [-0.1, -0.05) is 0 Å². The second kappa shape index (κ2) is 5.85. The standard InChI is InChI=1S/C13H15ClN2O3S/c1-10-11(2)13(20(14,17)18)4-3-12(10)19-8-7-16-6-5-15-9-16/h3-6,9H,7-8H2,1-2H3. The molecule has 0 atom stereocenters. The molecule has 7 heteroatoms. The van der Waals surface area contributed by atoms with E-state index in [-0.39, 0.29) is 4.90 Å². The zero-order valence-electron chi connectivity index (χ0n) is 11.2. The smallest absolute Gasteiger partial charge is 0.261 e. The van der Waals surface area contributed by atoms with Crippen molar-refractivity contribution < 1.29 is 13.2 Å². The molecule has 1 aromatic heterocycles. The van der Waals surface area contributed by atoms with Crippen LogP contribution < -0.4 is 4.74 Å². The molecule has 0 bridgehead atoms. The van der Waals surface area contributed by atoms with E-state index in [1.807, 2.05) is 17.7 Å². The molecule has 1 aromatic carbocycles. The van der Waals surface area contributed by atoms with Crippen molar-refractivity contribution >= 4 is 19.7 Å². The summed E-state index contributed by atoms with van der Waals surface area (Å²) in [6, 6.07) is 3.10. The second-order valence-electron chi connectivity index (χ2n) is 4.40. The Kier molecular flexibility index (Phi) is 4.35. The fourth-order valence-corrected chi connectivity index (χ4v) is 3.12. The first-order valence-electron chi connectivity index (χ1n) is 6.03. The molecule has 0 amide bonds. The lowest BCUT2D eigenvalue weighted by atomic mass is 10.1. The number of nitrogens with zero attached hydrogens (tertiary/aromatic N) is 2. The summed E-state index contributed by atoms with van der Waals surface area (Å²) in [5.74, 6) is 0.659.